The van der Waals surface area contributed by atoms with Gasteiger partial charge in [0.25, 0.3) is 5.56 Å². The Morgan fingerprint density at radius 3 is 2.96 bits per heavy atom. The van der Waals surface area contributed by atoms with E-state index in [1.165, 1.54) is 22.2 Å². The van der Waals surface area contributed by atoms with E-state index >= 15 is 0 Å². The zero-order chi connectivity index (χ0) is 18.7. The maximum atomic E-state index is 12.3. The first-order valence-electron chi connectivity index (χ1n) is 8.36. The molecule has 2 aromatic heterocycles. The summed E-state index contributed by atoms with van der Waals surface area (Å²) in [6.45, 7) is 4.21. The van der Waals surface area contributed by atoms with E-state index in [0.29, 0.717) is 11.9 Å². The Morgan fingerprint density at radius 1 is 1.38 bits per heavy atom. The Hall–Kier alpha value is -2.67. The SMILES string of the molecule is COc1ccc(C)cc1C(C)NC(=O)CCn1cnc2sccc2c1=O. The molecular formula is C19H21N3O3S. The molecule has 0 saturated carbocycles. The van der Waals surface area contributed by atoms with Crippen LogP contribution in [0, 0.1) is 6.92 Å². The Labute approximate surface area is 155 Å². The highest BCUT2D eigenvalue weighted by atomic mass is 32.1. The minimum absolute atomic E-state index is 0.113. The predicted molar refractivity (Wildman–Crippen MR) is 103 cm³/mol. The molecule has 0 aliphatic rings. The number of carbonyl (C=O) groups excluding carboxylic acids is 1. The number of hydrogen-bond donors (Lipinski definition) is 1. The van der Waals surface area contributed by atoms with Crippen LogP contribution in [0.5, 0.6) is 5.75 Å². The first kappa shape index (κ1) is 18.1. The molecule has 1 atom stereocenters. The van der Waals surface area contributed by atoms with Gasteiger partial charge in [0.15, 0.2) is 0 Å². The molecule has 0 aliphatic carbocycles. The third-order valence-electron chi connectivity index (χ3n) is 4.26. The summed E-state index contributed by atoms with van der Waals surface area (Å²) < 4.78 is 6.86. The highest BCUT2D eigenvalue weighted by Gasteiger charge is 2.15. The average Bonchev–Trinajstić information content (AvgIpc) is 3.10. The second kappa shape index (κ2) is 7.70. The van der Waals surface area contributed by atoms with Crippen LogP contribution in [-0.4, -0.2) is 22.6 Å². The summed E-state index contributed by atoms with van der Waals surface area (Å²) in [6, 6.07) is 7.44. The number of fused-ring (bicyclic) bond motifs is 1. The lowest BCUT2D eigenvalue weighted by Crippen LogP contribution is -2.29. The van der Waals surface area contributed by atoms with Crippen molar-refractivity contribution in [3.8, 4) is 5.75 Å². The van der Waals surface area contributed by atoms with Crippen molar-refractivity contribution in [3.63, 3.8) is 0 Å². The van der Waals surface area contributed by atoms with Gasteiger partial charge in [0.2, 0.25) is 5.91 Å². The van der Waals surface area contributed by atoms with Crippen molar-refractivity contribution in [1.29, 1.82) is 0 Å². The van der Waals surface area contributed by atoms with Gasteiger partial charge in [-0.05, 0) is 31.4 Å². The average molecular weight is 371 g/mol. The van der Waals surface area contributed by atoms with Crippen molar-refractivity contribution in [2.75, 3.05) is 7.11 Å². The van der Waals surface area contributed by atoms with Crippen LogP contribution < -0.4 is 15.6 Å². The number of aromatic nitrogens is 2. The molecule has 1 N–H and O–H groups in total. The van der Waals surface area contributed by atoms with Crippen LogP contribution in [0.15, 0.2) is 40.8 Å². The Morgan fingerprint density at radius 2 is 2.19 bits per heavy atom. The molecule has 0 bridgehead atoms. The first-order valence-corrected chi connectivity index (χ1v) is 9.24. The number of ether oxygens (including phenoxy) is 1. The molecule has 3 rings (SSSR count). The lowest BCUT2D eigenvalue weighted by Gasteiger charge is -2.18. The molecule has 0 spiro atoms. The molecule has 0 aliphatic heterocycles. The summed E-state index contributed by atoms with van der Waals surface area (Å²) in [5.41, 5.74) is 1.92. The maximum absolute atomic E-state index is 12.3. The number of methoxy groups -OCH3 is 1. The van der Waals surface area contributed by atoms with Crippen molar-refractivity contribution in [2.24, 2.45) is 0 Å². The third kappa shape index (κ3) is 3.77. The molecule has 1 unspecified atom stereocenters. The van der Waals surface area contributed by atoms with Crippen LogP contribution in [0.2, 0.25) is 0 Å². The lowest BCUT2D eigenvalue weighted by atomic mass is 10.0. The van der Waals surface area contributed by atoms with Crippen molar-refractivity contribution >= 4 is 27.5 Å². The van der Waals surface area contributed by atoms with E-state index in [1.54, 1.807) is 13.2 Å². The second-order valence-corrected chi connectivity index (χ2v) is 7.06. The minimum Gasteiger partial charge on any atom is -0.496 e. The second-order valence-electron chi connectivity index (χ2n) is 6.17. The zero-order valence-corrected chi connectivity index (χ0v) is 15.8. The van der Waals surface area contributed by atoms with E-state index < -0.39 is 0 Å². The molecule has 6 nitrogen and oxygen atoms in total. The summed E-state index contributed by atoms with van der Waals surface area (Å²) >= 11 is 1.43. The molecule has 136 valence electrons. The smallest absolute Gasteiger partial charge is 0.262 e. The zero-order valence-electron chi connectivity index (χ0n) is 15.0. The molecule has 0 radical (unpaired) electrons. The molecular weight excluding hydrogens is 350 g/mol. The van der Waals surface area contributed by atoms with Gasteiger partial charge in [-0.1, -0.05) is 17.7 Å². The number of benzene rings is 1. The number of carbonyl (C=O) groups is 1. The number of rotatable bonds is 6. The molecule has 0 fully saturated rings. The van der Waals surface area contributed by atoms with E-state index in [1.807, 2.05) is 37.4 Å². The van der Waals surface area contributed by atoms with Crippen molar-refractivity contribution in [3.05, 3.63) is 57.5 Å². The molecule has 2 heterocycles. The predicted octanol–water partition coefficient (Wildman–Crippen LogP) is 3.04. The highest BCUT2D eigenvalue weighted by Crippen LogP contribution is 2.26. The van der Waals surface area contributed by atoms with E-state index in [2.05, 4.69) is 10.3 Å². The molecule has 0 saturated heterocycles. The summed E-state index contributed by atoms with van der Waals surface area (Å²) in [4.78, 5) is 29.6. The standard InChI is InChI=1S/C19H21N3O3S/c1-12-4-5-16(25-3)15(10-12)13(2)21-17(23)6-8-22-11-20-18-14(19(22)24)7-9-26-18/h4-5,7,9-11,13H,6,8H2,1-3H3,(H,21,23). The maximum Gasteiger partial charge on any atom is 0.262 e. The normalized spacial score (nSPS) is 12.1. The number of nitrogens with one attached hydrogen (secondary N) is 1. The Kier molecular flexibility index (Phi) is 5.37. The van der Waals surface area contributed by atoms with E-state index in [4.69, 9.17) is 4.74 Å². The van der Waals surface area contributed by atoms with Crippen LogP contribution in [0.4, 0.5) is 0 Å². The van der Waals surface area contributed by atoms with Crippen LogP contribution in [0.1, 0.15) is 30.5 Å². The third-order valence-corrected chi connectivity index (χ3v) is 5.08. The van der Waals surface area contributed by atoms with Gasteiger partial charge in [-0.25, -0.2) is 4.98 Å². The Bertz CT molecular complexity index is 993. The number of amides is 1. The number of hydrogen-bond acceptors (Lipinski definition) is 5. The van der Waals surface area contributed by atoms with Gasteiger partial charge in [-0.3, -0.25) is 14.2 Å². The van der Waals surface area contributed by atoms with E-state index in [0.717, 1.165) is 21.7 Å². The first-order chi connectivity index (χ1) is 12.5. The fourth-order valence-corrected chi connectivity index (χ4v) is 3.58. The van der Waals surface area contributed by atoms with Gasteiger partial charge < -0.3 is 10.1 Å². The number of aryl methyl sites for hydroxylation is 2. The summed E-state index contributed by atoms with van der Waals surface area (Å²) in [5, 5.41) is 5.40. The van der Waals surface area contributed by atoms with E-state index in [-0.39, 0.29) is 23.9 Å². The number of nitrogens with zero attached hydrogens (tertiary/aromatic N) is 2. The van der Waals surface area contributed by atoms with Gasteiger partial charge in [-0.2, -0.15) is 0 Å². The molecule has 3 aromatic rings. The van der Waals surface area contributed by atoms with Gasteiger partial charge in [0.05, 0.1) is 24.9 Å². The van der Waals surface area contributed by atoms with Crippen LogP contribution >= 0.6 is 11.3 Å². The van der Waals surface area contributed by atoms with Gasteiger partial charge in [0.1, 0.15) is 10.6 Å². The van der Waals surface area contributed by atoms with Gasteiger partial charge in [-0.15, -0.1) is 11.3 Å². The number of thiophene rings is 1. The van der Waals surface area contributed by atoms with Crippen molar-refractivity contribution in [1.82, 2.24) is 14.9 Å². The van der Waals surface area contributed by atoms with Crippen molar-refractivity contribution < 1.29 is 9.53 Å². The Balaban J connectivity index is 1.66. The monoisotopic (exact) mass is 371 g/mol. The van der Waals surface area contributed by atoms with Crippen LogP contribution in [0.25, 0.3) is 10.2 Å². The minimum atomic E-state index is -0.188. The quantitative estimate of drug-likeness (QED) is 0.723. The van der Waals surface area contributed by atoms with Crippen LogP contribution in [0.3, 0.4) is 0 Å². The lowest BCUT2D eigenvalue weighted by molar-refractivity contribution is -0.122. The van der Waals surface area contributed by atoms with Crippen molar-refractivity contribution in [2.45, 2.75) is 32.9 Å². The summed E-state index contributed by atoms with van der Waals surface area (Å²) in [5.74, 6) is 0.616. The highest BCUT2D eigenvalue weighted by molar-refractivity contribution is 7.16. The van der Waals surface area contributed by atoms with Gasteiger partial charge in [0, 0.05) is 18.5 Å². The largest absolute Gasteiger partial charge is 0.496 e. The van der Waals surface area contributed by atoms with Gasteiger partial charge >= 0.3 is 0 Å². The fourth-order valence-electron chi connectivity index (χ4n) is 2.86. The molecule has 1 amide bonds. The summed E-state index contributed by atoms with van der Waals surface area (Å²) in [6.07, 6.45) is 1.71. The van der Waals surface area contributed by atoms with E-state index in [9.17, 15) is 9.59 Å². The fraction of sp³-hybridized carbons (Fsp3) is 0.316. The van der Waals surface area contributed by atoms with Crippen LogP contribution in [-0.2, 0) is 11.3 Å². The molecule has 1 aromatic carbocycles. The molecule has 7 heteroatoms. The summed E-state index contributed by atoms with van der Waals surface area (Å²) in [7, 11) is 1.61. The topological polar surface area (TPSA) is 73.2 Å². The molecule has 26 heavy (non-hydrogen) atoms.